The van der Waals surface area contributed by atoms with E-state index in [4.69, 9.17) is 5.73 Å². The molecule has 2 aliphatic rings. The summed E-state index contributed by atoms with van der Waals surface area (Å²) in [7, 11) is -3.36. The third kappa shape index (κ3) is 3.04. The molecular weight excluding hydrogens is 288 g/mol. The van der Waals surface area contributed by atoms with Crippen LogP contribution >= 0.6 is 0 Å². The number of anilines is 1. The van der Waals surface area contributed by atoms with Crippen LogP contribution in [0.1, 0.15) is 25.7 Å². The summed E-state index contributed by atoms with van der Waals surface area (Å²) < 4.78 is 26.4. The zero-order valence-corrected chi connectivity index (χ0v) is 12.9. The van der Waals surface area contributed by atoms with Gasteiger partial charge in [-0.05, 0) is 37.8 Å². The Balaban J connectivity index is 1.74. The van der Waals surface area contributed by atoms with Gasteiger partial charge in [0.2, 0.25) is 10.0 Å². The van der Waals surface area contributed by atoms with E-state index in [9.17, 15) is 8.42 Å². The second-order valence-corrected chi connectivity index (χ2v) is 7.73. The minimum atomic E-state index is -3.36. The van der Waals surface area contributed by atoms with Gasteiger partial charge in [0, 0.05) is 38.4 Å². The molecule has 2 N–H and O–H groups in total. The predicted molar refractivity (Wildman–Crippen MR) is 81.7 cm³/mol. The van der Waals surface area contributed by atoms with Gasteiger partial charge < -0.3 is 10.6 Å². The Morgan fingerprint density at radius 1 is 1.10 bits per heavy atom. The van der Waals surface area contributed by atoms with Crippen LogP contribution in [-0.4, -0.2) is 49.9 Å². The fraction of sp³-hybridized carbons (Fsp3) is 0.643. The van der Waals surface area contributed by atoms with Crippen LogP contribution in [0.2, 0.25) is 0 Å². The van der Waals surface area contributed by atoms with Crippen LogP contribution in [-0.2, 0) is 10.0 Å². The normalized spacial score (nSPS) is 21.9. The van der Waals surface area contributed by atoms with Crippen molar-refractivity contribution in [2.75, 3.05) is 31.1 Å². The van der Waals surface area contributed by atoms with Crippen molar-refractivity contribution < 1.29 is 8.42 Å². The highest BCUT2D eigenvalue weighted by molar-refractivity contribution is 7.89. The van der Waals surface area contributed by atoms with Crippen LogP contribution in [0.5, 0.6) is 0 Å². The van der Waals surface area contributed by atoms with Gasteiger partial charge in [-0.1, -0.05) is 0 Å². The second kappa shape index (κ2) is 5.90. The van der Waals surface area contributed by atoms with Crippen LogP contribution < -0.4 is 10.6 Å². The highest BCUT2D eigenvalue weighted by Crippen LogP contribution is 2.23. The summed E-state index contributed by atoms with van der Waals surface area (Å²) in [4.78, 5) is 6.80. The van der Waals surface area contributed by atoms with Gasteiger partial charge in [0.25, 0.3) is 0 Å². The number of nitrogens with zero attached hydrogens (tertiary/aromatic N) is 3. The lowest BCUT2D eigenvalue weighted by Gasteiger charge is -2.31. The Morgan fingerprint density at radius 3 is 2.33 bits per heavy atom. The first-order valence-corrected chi connectivity index (χ1v) is 8.98. The predicted octanol–water partition coefficient (Wildman–Crippen LogP) is 0.794. The van der Waals surface area contributed by atoms with E-state index < -0.39 is 10.0 Å². The first-order valence-electron chi connectivity index (χ1n) is 7.54. The Labute approximate surface area is 126 Å². The molecule has 0 bridgehead atoms. The zero-order valence-electron chi connectivity index (χ0n) is 12.1. The lowest BCUT2D eigenvalue weighted by molar-refractivity contribution is 0.477. The van der Waals surface area contributed by atoms with Gasteiger partial charge in [-0.3, -0.25) is 0 Å². The molecule has 0 radical (unpaired) electrons. The van der Waals surface area contributed by atoms with E-state index in [0.29, 0.717) is 18.0 Å². The number of rotatable bonds is 3. The fourth-order valence-electron chi connectivity index (χ4n) is 2.92. The average Bonchev–Trinajstić information content (AvgIpc) is 3.03. The van der Waals surface area contributed by atoms with Crippen LogP contribution in [0.15, 0.2) is 23.2 Å². The molecular formula is C14H22N4O2S. The number of piperidine rings is 1. The molecule has 0 aromatic carbocycles. The quantitative estimate of drug-likeness (QED) is 0.893. The van der Waals surface area contributed by atoms with Crippen molar-refractivity contribution in [2.45, 2.75) is 36.6 Å². The third-order valence-electron chi connectivity index (χ3n) is 4.29. The molecule has 0 saturated carbocycles. The van der Waals surface area contributed by atoms with E-state index in [1.165, 1.54) is 6.20 Å². The third-order valence-corrected chi connectivity index (χ3v) is 6.17. The number of hydrogen-bond donors (Lipinski definition) is 1. The van der Waals surface area contributed by atoms with Gasteiger partial charge in [0.1, 0.15) is 10.7 Å². The number of pyridine rings is 1. The molecule has 0 amide bonds. The molecule has 2 aliphatic heterocycles. The monoisotopic (exact) mass is 310 g/mol. The molecule has 0 atom stereocenters. The Hall–Kier alpha value is -1.18. The Kier molecular flexibility index (Phi) is 4.14. The molecule has 0 spiro atoms. The minimum Gasteiger partial charge on any atom is -0.357 e. The SMILES string of the molecule is NC1CCN(c2ccc(S(=O)(=O)N3CCCC3)cn2)CC1. The van der Waals surface area contributed by atoms with Gasteiger partial charge in [0.05, 0.1) is 0 Å². The average molecular weight is 310 g/mol. The number of nitrogens with two attached hydrogens (primary N) is 1. The standard InChI is InChI=1S/C14H22N4O2S/c15-12-5-9-17(10-6-12)14-4-3-13(11-16-14)21(19,20)18-7-1-2-8-18/h3-4,11-12H,1-2,5-10,15H2. The molecule has 1 aromatic rings. The van der Waals surface area contributed by atoms with Crippen molar-refractivity contribution in [3.8, 4) is 0 Å². The summed E-state index contributed by atoms with van der Waals surface area (Å²) in [5.74, 6) is 0.835. The number of sulfonamides is 1. The van der Waals surface area contributed by atoms with E-state index in [1.54, 1.807) is 16.4 Å². The van der Waals surface area contributed by atoms with Gasteiger partial charge in [0.15, 0.2) is 0 Å². The van der Waals surface area contributed by atoms with Gasteiger partial charge >= 0.3 is 0 Å². The van der Waals surface area contributed by atoms with Gasteiger partial charge in [-0.25, -0.2) is 13.4 Å². The fourth-order valence-corrected chi connectivity index (χ4v) is 4.38. The van der Waals surface area contributed by atoms with Gasteiger partial charge in [-0.15, -0.1) is 0 Å². The highest BCUT2D eigenvalue weighted by Gasteiger charge is 2.27. The van der Waals surface area contributed by atoms with E-state index in [1.807, 2.05) is 0 Å². The highest BCUT2D eigenvalue weighted by atomic mass is 32.2. The lowest BCUT2D eigenvalue weighted by atomic mass is 10.1. The molecule has 6 nitrogen and oxygen atoms in total. The maximum atomic E-state index is 12.4. The van der Waals surface area contributed by atoms with Gasteiger partial charge in [-0.2, -0.15) is 4.31 Å². The molecule has 21 heavy (non-hydrogen) atoms. The molecule has 0 unspecified atom stereocenters. The van der Waals surface area contributed by atoms with Crippen molar-refractivity contribution in [3.63, 3.8) is 0 Å². The van der Waals surface area contributed by atoms with E-state index in [2.05, 4.69) is 9.88 Å². The first-order chi connectivity index (χ1) is 10.1. The zero-order chi connectivity index (χ0) is 14.9. The van der Waals surface area contributed by atoms with E-state index in [0.717, 1.165) is 44.6 Å². The second-order valence-electron chi connectivity index (χ2n) is 5.79. The van der Waals surface area contributed by atoms with Crippen LogP contribution in [0.3, 0.4) is 0 Å². The summed E-state index contributed by atoms with van der Waals surface area (Å²) in [6, 6.07) is 3.75. The number of hydrogen-bond acceptors (Lipinski definition) is 5. The van der Waals surface area contributed by atoms with Crippen molar-refractivity contribution in [3.05, 3.63) is 18.3 Å². The smallest absolute Gasteiger partial charge is 0.244 e. The summed E-state index contributed by atoms with van der Waals surface area (Å²) in [5.41, 5.74) is 5.89. The maximum absolute atomic E-state index is 12.4. The summed E-state index contributed by atoms with van der Waals surface area (Å²) in [6.45, 7) is 3.00. The summed E-state index contributed by atoms with van der Waals surface area (Å²) >= 11 is 0. The number of aromatic nitrogens is 1. The molecule has 0 aliphatic carbocycles. The van der Waals surface area contributed by atoms with Crippen LogP contribution in [0.25, 0.3) is 0 Å². The molecule has 2 fully saturated rings. The van der Waals surface area contributed by atoms with E-state index >= 15 is 0 Å². The largest absolute Gasteiger partial charge is 0.357 e. The maximum Gasteiger partial charge on any atom is 0.244 e. The van der Waals surface area contributed by atoms with E-state index in [-0.39, 0.29) is 6.04 Å². The van der Waals surface area contributed by atoms with Crippen LogP contribution in [0.4, 0.5) is 5.82 Å². The first kappa shape index (κ1) is 14.7. The van der Waals surface area contributed by atoms with Crippen molar-refractivity contribution in [2.24, 2.45) is 5.73 Å². The topological polar surface area (TPSA) is 79.5 Å². The Morgan fingerprint density at radius 2 is 1.76 bits per heavy atom. The molecule has 1 aromatic heterocycles. The van der Waals surface area contributed by atoms with Crippen molar-refractivity contribution in [1.82, 2.24) is 9.29 Å². The van der Waals surface area contributed by atoms with Crippen LogP contribution in [0, 0.1) is 0 Å². The van der Waals surface area contributed by atoms with Crippen molar-refractivity contribution in [1.29, 1.82) is 0 Å². The lowest BCUT2D eigenvalue weighted by Crippen LogP contribution is -2.40. The molecule has 3 rings (SSSR count). The summed E-state index contributed by atoms with van der Waals surface area (Å²) in [5, 5.41) is 0. The van der Waals surface area contributed by atoms with Crippen molar-refractivity contribution >= 4 is 15.8 Å². The molecule has 116 valence electrons. The molecule has 3 heterocycles. The molecule has 7 heteroatoms. The minimum absolute atomic E-state index is 0.274. The summed E-state index contributed by atoms with van der Waals surface area (Å²) in [6.07, 6.45) is 5.28. The Bertz CT molecular complexity index is 573. The molecule has 2 saturated heterocycles.